The minimum Gasteiger partial charge on any atom is -0.360 e. The van der Waals surface area contributed by atoms with Crippen LogP contribution in [0.5, 0.6) is 0 Å². The van der Waals surface area contributed by atoms with Gasteiger partial charge < -0.3 is 20.3 Å². The van der Waals surface area contributed by atoms with E-state index in [1.54, 1.807) is 29.2 Å². The molecule has 5 atom stereocenters. The first-order valence-electron chi connectivity index (χ1n) is 11.8. The number of ether oxygens (including phenoxy) is 1. The molecule has 7 heteroatoms. The van der Waals surface area contributed by atoms with Gasteiger partial charge in [0.15, 0.2) is 0 Å². The molecule has 2 aromatic carbocycles. The van der Waals surface area contributed by atoms with Crippen LogP contribution in [0.2, 0.25) is 0 Å². The molecule has 34 heavy (non-hydrogen) atoms. The monoisotopic (exact) mass is 459 g/mol. The molecule has 0 aliphatic carbocycles. The maximum atomic E-state index is 13.5. The van der Waals surface area contributed by atoms with Crippen molar-refractivity contribution in [3.05, 3.63) is 72.3 Å². The molecule has 2 saturated heterocycles. The van der Waals surface area contributed by atoms with E-state index < -0.39 is 17.4 Å². The van der Waals surface area contributed by atoms with Gasteiger partial charge in [0.25, 0.3) is 0 Å². The van der Waals surface area contributed by atoms with Crippen LogP contribution >= 0.6 is 0 Å². The van der Waals surface area contributed by atoms with Crippen molar-refractivity contribution in [1.29, 1.82) is 0 Å². The average molecular weight is 460 g/mol. The molecule has 5 rings (SSSR count). The summed E-state index contributed by atoms with van der Waals surface area (Å²) in [5, 5.41) is 5.85. The molecule has 2 bridgehead atoms. The number of aryl methyl sites for hydroxylation is 1. The first-order valence-corrected chi connectivity index (χ1v) is 11.8. The lowest BCUT2D eigenvalue weighted by molar-refractivity contribution is -0.132. The molecule has 3 heterocycles. The molecular weight excluding hydrogens is 430 g/mol. The van der Waals surface area contributed by atoms with Crippen molar-refractivity contribution in [2.75, 3.05) is 16.8 Å². The predicted molar refractivity (Wildman–Crippen MR) is 129 cm³/mol. The van der Waals surface area contributed by atoms with Gasteiger partial charge in [0.2, 0.25) is 17.7 Å². The number of nitrogens with zero attached hydrogens (tertiary/aromatic N) is 1. The number of amides is 3. The number of carbonyl (C=O) groups excluding carboxylic acids is 3. The predicted octanol–water partition coefficient (Wildman–Crippen LogP) is 3.07. The summed E-state index contributed by atoms with van der Waals surface area (Å²) in [4.78, 5) is 39.8. The summed E-state index contributed by atoms with van der Waals surface area (Å²) >= 11 is 0. The summed E-state index contributed by atoms with van der Waals surface area (Å²) < 4.78 is 6.24. The Bertz CT molecular complexity index is 1130. The van der Waals surface area contributed by atoms with Gasteiger partial charge in [-0.3, -0.25) is 14.4 Å². The van der Waals surface area contributed by atoms with Crippen LogP contribution in [0.4, 0.5) is 11.4 Å². The van der Waals surface area contributed by atoms with E-state index in [0.717, 1.165) is 18.5 Å². The van der Waals surface area contributed by atoms with Crippen molar-refractivity contribution in [1.82, 2.24) is 5.32 Å². The highest BCUT2D eigenvalue weighted by Crippen LogP contribution is 2.52. The number of hydrogen-bond acceptors (Lipinski definition) is 4. The molecule has 2 N–H and O–H groups in total. The first kappa shape index (κ1) is 22.3. The molecule has 7 nitrogen and oxygen atoms in total. The van der Waals surface area contributed by atoms with Crippen LogP contribution in [-0.2, 0) is 25.5 Å². The molecule has 3 amide bonds. The number of hydrogen-bond donors (Lipinski definition) is 2. The van der Waals surface area contributed by atoms with Gasteiger partial charge in [-0.2, -0.15) is 0 Å². The fraction of sp³-hybridized carbons (Fsp3) is 0.370. The van der Waals surface area contributed by atoms with E-state index in [0.29, 0.717) is 12.2 Å². The summed E-state index contributed by atoms with van der Waals surface area (Å²) in [5.74, 6) is -1.46. The van der Waals surface area contributed by atoms with Crippen molar-refractivity contribution >= 4 is 29.1 Å². The Morgan fingerprint density at radius 1 is 1.15 bits per heavy atom. The van der Waals surface area contributed by atoms with Gasteiger partial charge in [-0.25, -0.2) is 0 Å². The van der Waals surface area contributed by atoms with Gasteiger partial charge in [-0.15, -0.1) is 0 Å². The van der Waals surface area contributed by atoms with Crippen LogP contribution in [0.15, 0.2) is 66.7 Å². The van der Waals surface area contributed by atoms with Crippen LogP contribution < -0.4 is 15.5 Å². The van der Waals surface area contributed by atoms with E-state index in [1.807, 2.05) is 37.3 Å². The molecule has 2 fully saturated rings. The van der Waals surface area contributed by atoms with Gasteiger partial charge >= 0.3 is 0 Å². The third kappa shape index (κ3) is 4.01. The summed E-state index contributed by atoms with van der Waals surface area (Å²) in [6.07, 6.45) is 5.20. The zero-order valence-electron chi connectivity index (χ0n) is 19.4. The second-order valence-electron chi connectivity index (χ2n) is 9.49. The third-order valence-electron chi connectivity index (χ3n) is 7.00. The normalized spacial score (nSPS) is 27.5. The SMILES string of the molecule is CC(=O)Nc1ccc(N2C[C@@]34C=C[C@@H](O3)[C@@H](C(=O)N[C@H](C)CCc3ccccc3)[C@@H]4C2=O)cc1. The maximum Gasteiger partial charge on any atom is 0.234 e. The highest BCUT2D eigenvalue weighted by Gasteiger charge is 2.67. The molecule has 0 aromatic heterocycles. The zero-order chi connectivity index (χ0) is 23.9. The zero-order valence-corrected chi connectivity index (χ0v) is 19.4. The Morgan fingerprint density at radius 2 is 1.88 bits per heavy atom. The standard InChI is InChI=1S/C27H29N3O4/c1-17(8-9-19-6-4-3-5-7-19)28-25(32)23-22-14-15-27(34-22)16-30(26(33)24(23)27)21-12-10-20(11-13-21)29-18(2)31/h3-7,10-15,17,22-24H,8-9,16H2,1-2H3,(H,28,32)(H,29,31)/t17-,22-,23-,24-,27-/m1/s1. The first-order chi connectivity index (χ1) is 16.4. The third-order valence-corrected chi connectivity index (χ3v) is 7.00. The van der Waals surface area contributed by atoms with Gasteiger partial charge in [0.1, 0.15) is 5.60 Å². The highest BCUT2D eigenvalue weighted by molar-refractivity contribution is 6.03. The number of benzene rings is 2. The number of anilines is 2. The van der Waals surface area contributed by atoms with Gasteiger partial charge in [-0.05, 0) is 49.6 Å². The van der Waals surface area contributed by atoms with Crippen molar-refractivity contribution in [2.24, 2.45) is 11.8 Å². The Morgan fingerprint density at radius 3 is 2.59 bits per heavy atom. The van der Waals surface area contributed by atoms with E-state index >= 15 is 0 Å². The largest absolute Gasteiger partial charge is 0.360 e. The maximum absolute atomic E-state index is 13.5. The molecule has 0 unspecified atom stereocenters. The highest BCUT2D eigenvalue weighted by atomic mass is 16.5. The quantitative estimate of drug-likeness (QED) is 0.623. The Kier molecular flexibility index (Phi) is 5.73. The van der Waals surface area contributed by atoms with E-state index in [4.69, 9.17) is 4.74 Å². The summed E-state index contributed by atoms with van der Waals surface area (Å²) in [5.41, 5.74) is 1.85. The van der Waals surface area contributed by atoms with Crippen molar-refractivity contribution < 1.29 is 19.1 Å². The average Bonchev–Trinajstić information content (AvgIpc) is 3.47. The van der Waals surface area contributed by atoms with Gasteiger partial charge in [0.05, 0.1) is 24.5 Å². The molecular formula is C27H29N3O4. The number of rotatable bonds is 7. The Hall–Kier alpha value is -3.45. The molecule has 3 aliphatic heterocycles. The lowest BCUT2D eigenvalue weighted by Crippen LogP contribution is -2.46. The lowest BCUT2D eigenvalue weighted by atomic mass is 9.76. The smallest absolute Gasteiger partial charge is 0.234 e. The van der Waals surface area contributed by atoms with E-state index in [-0.39, 0.29) is 29.9 Å². The van der Waals surface area contributed by atoms with Crippen LogP contribution in [-0.4, -0.2) is 42.0 Å². The van der Waals surface area contributed by atoms with Crippen molar-refractivity contribution in [3.63, 3.8) is 0 Å². The second-order valence-corrected chi connectivity index (χ2v) is 9.49. The summed E-state index contributed by atoms with van der Waals surface area (Å²) in [6.45, 7) is 3.82. The minimum absolute atomic E-state index is 0.0132. The molecule has 0 radical (unpaired) electrons. The van der Waals surface area contributed by atoms with Crippen molar-refractivity contribution in [2.45, 2.75) is 44.4 Å². The van der Waals surface area contributed by atoms with Gasteiger partial charge in [0, 0.05) is 24.3 Å². The second kappa shape index (κ2) is 8.72. The topological polar surface area (TPSA) is 87.7 Å². The van der Waals surface area contributed by atoms with Crippen LogP contribution in [0, 0.1) is 11.8 Å². The van der Waals surface area contributed by atoms with Crippen molar-refractivity contribution in [3.8, 4) is 0 Å². The fourth-order valence-electron chi connectivity index (χ4n) is 5.38. The number of nitrogens with one attached hydrogen (secondary N) is 2. The molecule has 0 saturated carbocycles. The number of fused-ring (bicyclic) bond motifs is 1. The van der Waals surface area contributed by atoms with Crippen LogP contribution in [0.1, 0.15) is 25.8 Å². The van der Waals surface area contributed by atoms with E-state index in [9.17, 15) is 14.4 Å². The summed E-state index contributed by atoms with van der Waals surface area (Å²) in [7, 11) is 0. The van der Waals surface area contributed by atoms with Crippen LogP contribution in [0.25, 0.3) is 0 Å². The minimum atomic E-state index is -0.770. The summed E-state index contributed by atoms with van der Waals surface area (Å²) in [6, 6.07) is 17.3. The Balaban J connectivity index is 1.27. The molecule has 3 aliphatic rings. The number of carbonyl (C=O) groups is 3. The Labute approximate surface area is 199 Å². The molecule has 2 aromatic rings. The van der Waals surface area contributed by atoms with Gasteiger partial charge in [-0.1, -0.05) is 42.5 Å². The van der Waals surface area contributed by atoms with E-state index in [1.165, 1.54) is 12.5 Å². The lowest BCUT2D eigenvalue weighted by Gasteiger charge is -2.25. The fourth-order valence-corrected chi connectivity index (χ4v) is 5.38. The van der Waals surface area contributed by atoms with E-state index in [2.05, 4.69) is 22.8 Å². The molecule has 176 valence electrons. The molecule has 1 spiro atoms. The van der Waals surface area contributed by atoms with Crippen LogP contribution in [0.3, 0.4) is 0 Å².